The maximum atomic E-state index is 13.2. The smallest absolute Gasteiger partial charge is 0.335 e. The Morgan fingerprint density at radius 2 is 1.75 bits per heavy atom. The summed E-state index contributed by atoms with van der Waals surface area (Å²) in [6, 6.07) is 15.2. The first-order valence-corrected chi connectivity index (χ1v) is 13.1. The molecule has 1 saturated heterocycles. The van der Waals surface area contributed by atoms with E-state index in [9.17, 15) is 19.2 Å². The fourth-order valence-corrected chi connectivity index (χ4v) is 4.43. The minimum Gasteiger partial charge on any atom is -0.497 e. The lowest BCUT2D eigenvalue weighted by Gasteiger charge is -2.26. The van der Waals surface area contributed by atoms with Gasteiger partial charge in [0, 0.05) is 10.7 Å². The fraction of sp³-hybridized carbons (Fsp3) is 0.143. The highest BCUT2D eigenvalue weighted by Gasteiger charge is 2.36. The van der Waals surface area contributed by atoms with Crippen LogP contribution in [0.15, 0.2) is 70.7 Å². The molecule has 2 N–H and O–H groups in total. The molecule has 3 aromatic carbocycles. The summed E-state index contributed by atoms with van der Waals surface area (Å²) in [7, 11) is 1.55. The molecule has 1 aliphatic rings. The summed E-state index contributed by atoms with van der Waals surface area (Å²) in [6.07, 6.45) is 1.33. The first-order valence-electron chi connectivity index (χ1n) is 11.9. The van der Waals surface area contributed by atoms with E-state index in [1.165, 1.54) is 30.3 Å². The molecule has 5 amide bonds. The second-order valence-electron chi connectivity index (χ2n) is 8.26. The average molecular weight is 629 g/mol. The van der Waals surface area contributed by atoms with Gasteiger partial charge < -0.3 is 19.5 Å². The van der Waals surface area contributed by atoms with Crippen molar-refractivity contribution in [3.63, 3.8) is 0 Å². The van der Waals surface area contributed by atoms with Crippen molar-refractivity contribution in [2.75, 3.05) is 30.5 Å². The van der Waals surface area contributed by atoms with Crippen LogP contribution in [0.4, 0.5) is 16.2 Å². The van der Waals surface area contributed by atoms with Crippen LogP contribution in [0.5, 0.6) is 17.2 Å². The molecule has 0 atom stereocenters. The Balaban J connectivity index is 1.55. The van der Waals surface area contributed by atoms with Crippen molar-refractivity contribution >= 4 is 68.7 Å². The highest BCUT2D eigenvalue weighted by molar-refractivity contribution is 9.10. The van der Waals surface area contributed by atoms with E-state index in [4.69, 9.17) is 25.8 Å². The Bertz CT molecular complexity index is 1490. The van der Waals surface area contributed by atoms with Crippen molar-refractivity contribution in [1.29, 1.82) is 0 Å². The van der Waals surface area contributed by atoms with Gasteiger partial charge in [-0.3, -0.25) is 19.7 Å². The molecule has 10 nitrogen and oxygen atoms in total. The van der Waals surface area contributed by atoms with Crippen LogP contribution < -0.4 is 29.7 Å². The lowest BCUT2D eigenvalue weighted by molar-refractivity contribution is -0.122. The van der Waals surface area contributed by atoms with Crippen molar-refractivity contribution in [1.82, 2.24) is 5.32 Å². The molecule has 0 unspecified atom stereocenters. The Morgan fingerprint density at radius 1 is 1.05 bits per heavy atom. The maximum absolute atomic E-state index is 13.2. The van der Waals surface area contributed by atoms with E-state index in [1.54, 1.807) is 50.4 Å². The summed E-state index contributed by atoms with van der Waals surface area (Å²) >= 11 is 9.33. The average Bonchev–Trinajstić information content (AvgIpc) is 2.92. The van der Waals surface area contributed by atoms with E-state index >= 15 is 0 Å². The molecule has 0 spiro atoms. The summed E-state index contributed by atoms with van der Waals surface area (Å²) < 4.78 is 17.0. The van der Waals surface area contributed by atoms with Gasteiger partial charge in [-0.1, -0.05) is 11.6 Å². The predicted molar refractivity (Wildman–Crippen MR) is 153 cm³/mol. The first kappa shape index (κ1) is 28.7. The van der Waals surface area contributed by atoms with E-state index in [2.05, 4.69) is 26.6 Å². The zero-order valence-electron chi connectivity index (χ0n) is 21.3. The van der Waals surface area contributed by atoms with Gasteiger partial charge in [-0.2, -0.15) is 0 Å². The molecule has 1 aliphatic heterocycles. The third-order valence-corrected chi connectivity index (χ3v) is 6.39. The molecular weight excluding hydrogens is 606 g/mol. The number of carbonyl (C=O) groups is 4. The topological polar surface area (TPSA) is 123 Å². The summed E-state index contributed by atoms with van der Waals surface area (Å²) in [5.74, 6) is -0.861. The maximum Gasteiger partial charge on any atom is 0.335 e. The van der Waals surface area contributed by atoms with Crippen LogP contribution in [0.1, 0.15) is 12.5 Å². The highest BCUT2D eigenvalue weighted by atomic mass is 79.9. The van der Waals surface area contributed by atoms with Gasteiger partial charge in [0.05, 0.1) is 23.9 Å². The van der Waals surface area contributed by atoms with Gasteiger partial charge in [-0.05, 0) is 95.2 Å². The van der Waals surface area contributed by atoms with E-state index in [0.29, 0.717) is 26.5 Å². The van der Waals surface area contributed by atoms with Crippen molar-refractivity contribution in [2.45, 2.75) is 6.92 Å². The monoisotopic (exact) mass is 627 g/mol. The van der Waals surface area contributed by atoms with Crippen LogP contribution in [0, 0.1) is 0 Å². The Kier molecular flexibility index (Phi) is 9.08. The van der Waals surface area contributed by atoms with Crippen LogP contribution in [0.3, 0.4) is 0 Å². The van der Waals surface area contributed by atoms with Gasteiger partial charge in [0.1, 0.15) is 11.3 Å². The van der Waals surface area contributed by atoms with Crippen molar-refractivity contribution < 1.29 is 33.4 Å². The minimum absolute atomic E-state index is 0.248. The summed E-state index contributed by atoms with van der Waals surface area (Å²) in [5.41, 5.74) is 0.964. The number of imide groups is 2. The number of rotatable bonds is 9. The number of barbiturate groups is 1. The molecule has 40 heavy (non-hydrogen) atoms. The van der Waals surface area contributed by atoms with Crippen molar-refractivity contribution in [3.8, 4) is 17.2 Å². The number of hydrogen-bond acceptors (Lipinski definition) is 7. The fourth-order valence-electron chi connectivity index (χ4n) is 3.73. The molecule has 0 saturated carbocycles. The third kappa shape index (κ3) is 6.61. The van der Waals surface area contributed by atoms with Gasteiger partial charge in [0.25, 0.3) is 17.7 Å². The number of hydrogen-bond donors (Lipinski definition) is 2. The van der Waals surface area contributed by atoms with E-state index < -0.39 is 23.8 Å². The number of ether oxygens (including phenoxy) is 3. The minimum atomic E-state index is -0.873. The molecule has 4 rings (SSSR count). The largest absolute Gasteiger partial charge is 0.497 e. The number of carbonyl (C=O) groups excluding carboxylic acids is 4. The third-order valence-electron chi connectivity index (χ3n) is 5.55. The van der Waals surface area contributed by atoms with Crippen molar-refractivity contribution in [2.24, 2.45) is 0 Å². The molecule has 206 valence electrons. The van der Waals surface area contributed by atoms with Gasteiger partial charge in [-0.25, -0.2) is 9.69 Å². The van der Waals surface area contributed by atoms with Crippen LogP contribution in [0.2, 0.25) is 5.02 Å². The normalized spacial score (nSPS) is 14.2. The molecule has 0 radical (unpaired) electrons. The summed E-state index contributed by atoms with van der Waals surface area (Å²) in [4.78, 5) is 51.5. The number of methoxy groups -OCH3 is 1. The molecule has 1 heterocycles. The second kappa shape index (κ2) is 12.7. The lowest BCUT2D eigenvalue weighted by atomic mass is 10.1. The van der Waals surface area contributed by atoms with Crippen LogP contribution in [-0.2, 0) is 14.4 Å². The van der Waals surface area contributed by atoms with Crippen LogP contribution >= 0.6 is 27.5 Å². The Morgan fingerprint density at radius 3 is 2.40 bits per heavy atom. The van der Waals surface area contributed by atoms with Crippen LogP contribution in [-0.4, -0.2) is 44.1 Å². The standard InChI is InChI=1S/C28H23BrClN3O7/c1-3-39-23-14-16(12-21-26(35)32-28(37)33(27(21)36)19-8-4-17(30)5-9-19)13-22(29)25(23)40-15-24(34)31-18-6-10-20(38-2)11-7-18/h4-14H,3,15H2,1-2H3,(H,31,34)(H,32,35,37)/b21-12-. The summed E-state index contributed by atoms with van der Waals surface area (Å²) in [5, 5.41) is 5.33. The SMILES string of the molecule is CCOc1cc(/C=C2/C(=O)NC(=O)N(c3ccc(Cl)cc3)C2=O)cc(Br)c1OCC(=O)Nc1ccc(OC)cc1. The number of nitrogens with zero attached hydrogens (tertiary/aromatic N) is 1. The number of nitrogens with one attached hydrogen (secondary N) is 2. The van der Waals surface area contributed by atoms with E-state index in [1.807, 2.05) is 0 Å². The van der Waals surface area contributed by atoms with Crippen LogP contribution in [0.25, 0.3) is 6.08 Å². The number of benzene rings is 3. The van der Waals surface area contributed by atoms with Gasteiger partial charge in [0.15, 0.2) is 18.1 Å². The van der Waals surface area contributed by atoms with E-state index in [-0.39, 0.29) is 36.0 Å². The first-order chi connectivity index (χ1) is 19.2. The molecule has 0 aromatic heterocycles. The van der Waals surface area contributed by atoms with E-state index in [0.717, 1.165) is 4.90 Å². The molecule has 12 heteroatoms. The Hall–Kier alpha value is -4.35. The van der Waals surface area contributed by atoms with Gasteiger partial charge in [-0.15, -0.1) is 0 Å². The Labute approximate surface area is 243 Å². The number of anilines is 2. The number of amides is 5. The molecule has 1 fully saturated rings. The predicted octanol–water partition coefficient (Wildman–Crippen LogP) is 5.19. The lowest BCUT2D eigenvalue weighted by Crippen LogP contribution is -2.54. The quantitative estimate of drug-likeness (QED) is 0.247. The molecule has 0 aliphatic carbocycles. The molecule has 3 aromatic rings. The van der Waals surface area contributed by atoms with Gasteiger partial charge in [0.2, 0.25) is 0 Å². The number of urea groups is 1. The van der Waals surface area contributed by atoms with Gasteiger partial charge >= 0.3 is 6.03 Å². The molecular formula is C28H23BrClN3O7. The number of halogens is 2. The summed E-state index contributed by atoms with van der Waals surface area (Å²) in [6.45, 7) is 1.73. The van der Waals surface area contributed by atoms with Crippen molar-refractivity contribution in [3.05, 3.63) is 81.3 Å². The molecule has 0 bridgehead atoms. The zero-order chi connectivity index (χ0) is 28.8. The highest BCUT2D eigenvalue weighted by Crippen LogP contribution is 2.38. The zero-order valence-corrected chi connectivity index (χ0v) is 23.7. The second-order valence-corrected chi connectivity index (χ2v) is 9.55.